The van der Waals surface area contributed by atoms with Crippen LogP contribution in [0.1, 0.15) is 44.2 Å². The van der Waals surface area contributed by atoms with Crippen LogP contribution in [0.4, 0.5) is 18.9 Å². The molecular weight excluding hydrogens is 263 g/mol. The Labute approximate surface area is 118 Å². The van der Waals surface area contributed by atoms with Crippen molar-refractivity contribution in [3.8, 4) is 0 Å². The molecule has 1 N–H and O–H groups in total. The van der Waals surface area contributed by atoms with Crippen molar-refractivity contribution in [2.24, 2.45) is 11.8 Å². The summed E-state index contributed by atoms with van der Waals surface area (Å²) in [5, 5.41) is 3.29. The maximum atomic E-state index is 12.9. The summed E-state index contributed by atoms with van der Waals surface area (Å²) in [6.07, 6.45) is -0.984. The minimum absolute atomic E-state index is 0.272. The van der Waals surface area contributed by atoms with Crippen LogP contribution in [0.15, 0.2) is 18.2 Å². The highest BCUT2D eigenvalue weighted by atomic mass is 19.4. The van der Waals surface area contributed by atoms with Crippen molar-refractivity contribution >= 4 is 5.69 Å². The van der Waals surface area contributed by atoms with E-state index in [-0.39, 0.29) is 11.6 Å². The van der Waals surface area contributed by atoms with Crippen LogP contribution in [-0.4, -0.2) is 6.04 Å². The van der Waals surface area contributed by atoms with E-state index in [0.29, 0.717) is 17.5 Å². The first kappa shape index (κ1) is 15.2. The predicted octanol–water partition coefficient (Wildman–Crippen LogP) is 5.25. The van der Waals surface area contributed by atoms with Crippen molar-refractivity contribution in [2.45, 2.75) is 52.3 Å². The SMILES string of the molecule is Cc1ccc(NC2CCC(C)CC2C)cc1C(F)(F)F. The van der Waals surface area contributed by atoms with Gasteiger partial charge in [0.1, 0.15) is 0 Å². The Bertz CT molecular complexity index is 467. The fraction of sp³-hybridized carbons (Fsp3) is 0.625. The number of alkyl halides is 3. The maximum Gasteiger partial charge on any atom is 0.416 e. The molecule has 20 heavy (non-hydrogen) atoms. The van der Waals surface area contributed by atoms with E-state index in [1.54, 1.807) is 12.1 Å². The molecule has 112 valence electrons. The predicted molar refractivity (Wildman–Crippen MR) is 75.8 cm³/mol. The summed E-state index contributed by atoms with van der Waals surface area (Å²) in [5.41, 5.74) is 0.307. The van der Waals surface area contributed by atoms with Gasteiger partial charge in [-0.25, -0.2) is 0 Å². The highest BCUT2D eigenvalue weighted by Crippen LogP contribution is 2.35. The summed E-state index contributed by atoms with van der Waals surface area (Å²) < 4.78 is 38.7. The Morgan fingerprint density at radius 3 is 2.45 bits per heavy atom. The second-order valence-corrected chi connectivity index (χ2v) is 6.17. The third-order valence-electron chi connectivity index (χ3n) is 4.33. The summed E-state index contributed by atoms with van der Waals surface area (Å²) in [5.74, 6) is 1.21. The molecule has 0 spiro atoms. The number of benzene rings is 1. The van der Waals surface area contributed by atoms with E-state index >= 15 is 0 Å². The molecule has 3 atom stereocenters. The molecule has 1 fully saturated rings. The Morgan fingerprint density at radius 2 is 1.85 bits per heavy atom. The van der Waals surface area contributed by atoms with Crippen LogP contribution < -0.4 is 5.32 Å². The minimum atomic E-state index is -4.28. The normalized spacial score (nSPS) is 27.4. The summed E-state index contributed by atoms with van der Waals surface area (Å²) in [7, 11) is 0. The van der Waals surface area contributed by atoms with Crippen LogP contribution >= 0.6 is 0 Å². The van der Waals surface area contributed by atoms with Gasteiger partial charge < -0.3 is 5.32 Å². The Morgan fingerprint density at radius 1 is 1.15 bits per heavy atom. The van der Waals surface area contributed by atoms with E-state index in [4.69, 9.17) is 0 Å². The molecule has 1 aliphatic carbocycles. The van der Waals surface area contributed by atoms with E-state index in [1.807, 2.05) is 0 Å². The van der Waals surface area contributed by atoms with Crippen molar-refractivity contribution in [1.29, 1.82) is 0 Å². The van der Waals surface area contributed by atoms with Gasteiger partial charge in [-0.2, -0.15) is 13.2 Å². The molecule has 0 heterocycles. The Hall–Kier alpha value is -1.19. The molecule has 1 aromatic carbocycles. The van der Waals surface area contributed by atoms with Gasteiger partial charge in [-0.1, -0.05) is 19.9 Å². The number of hydrogen-bond acceptors (Lipinski definition) is 1. The lowest BCUT2D eigenvalue weighted by Crippen LogP contribution is -2.33. The monoisotopic (exact) mass is 285 g/mol. The van der Waals surface area contributed by atoms with E-state index < -0.39 is 11.7 Å². The fourth-order valence-corrected chi connectivity index (χ4v) is 3.11. The average molecular weight is 285 g/mol. The number of rotatable bonds is 2. The molecule has 0 aromatic heterocycles. The van der Waals surface area contributed by atoms with Gasteiger partial charge in [0.25, 0.3) is 0 Å². The number of halogens is 3. The lowest BCUT2D eigenvalue weighted by Gasteiger charge is -2.34. The number of aryl methyl sites for hydroxylation is 1. The highest BCUT2D eigenvalue weighted by molar-refractivity contribution is 5.50. The van der Waals surface area contributed by atoms with E-state index in [1.165, 1.54) is 13.0 Å². The largest absolute Gasteiger partial charge is 0.416 e. The van der Waals surface area contributed by atoms with Gasteiger partial charge in [0.15, 0.2) is 0 Å². The number of nitrogens with one attached hydrogen (secondary N) is 1. The molecule has 0 aliphatic heterocycles. The van der Waals surface area contributed by atoms with Crippen LogP contribution in [0.3, 0.4) is 0 Å². The van der Waals surface area contributed by atoms with Crippen LogP contribution in [0.2, 0.25) is 0 Å². The summed E-state index contributed by atoms with van der Waals surface area (Å²) in [4.78, 5) is 0. The van der Waals surface area contributed by atoms with Crippen molar-refractivity contribution < 1.29 is 13.2 Å². The third-order valence-corrected chi connectivity index (χ3v) is 4.33. The molecule has 1 aromatic rings. The fourth-order valence-electron chi connectivity index (χ4n) is 3.11. The minimum Gasteiger partial charge on any atom is -0.382 e. The van der Waals surface area contributed by atoms with Gasteiger partial charge in [-0.05, 0) is 55.7 Å². The van der Waals surface area contributed by atoms with Crippen LogP contribution in [0, 0.1) is 18.8 Å². The van der Waals surface area contributed by atoms with Crippen molar-refractivity contribution in [1.82, 2.24) is 0 Å². The molecule has 3 unspecified atom stereocenters. The topological polar surface area (TPSA) is 12.0 Å². The van der Waals surface area contributed by atoms with Crippen molar-refractivity contribution in [2.75, 3.05) is 5.32 Å². The van der Waals surface area contributed by atoms with Crippen molar-refractivity contribution in [3.63, 3.8) is 0 Å². The first-order valence-corrected chi connectivity index (χ1v) is 7.21. The molecular formula is C16H22F3N. The molecule has 1 saturated carbocycles. The van der Waals surface area contributed by atoms with E-state index in [0.717, 1.165) is 19.3 Å². The van der Waals surface area contributed by atoms with Gasteiger partial charge in [0.05, 0.1) is 5.56 Å². The molecule has 0 amide bonds. The molecule has 1 nitrogen and oxygen atoms in total. The smallest absolute Gasteiger partial charge is 0.382 e. The number of anilines is 1. The second kappa shape index (κ2) is 5.66. The Balaban J connectivity index is 2.14. The zero-order chi connectivity index (χ0) is 14.9. The highest BCUT2D eigenvalue weighted by Gasteiger charge is 2.33. The quantitative estimate of drug-likeness (QED) is 0.782. The van der Waals surface area contributed by atoms with Crippen molar-refractivity contribution in [3.05, 3.63) is 29.3 Å². The second-order valence-electron chi connectivity index (χ2n) is 6.17. The van der Waals surface area contributed by atoms with E-state index in [2.05, 4.69) is 19.2 Å². The third kappa shape index (κ3) is 3.47. The lowest BCUT2D eigenvalue weighted by atomic mass is 9.80. The summed E-state index contributed by atoms with van der Waals surface area (Å²) in [6.45, 7) is 5.91. The van der Waals surface area contributed by atoms with Gasteiger partial charge in [0.2, 0.25) is 0 Å². The van der Waals surface area contributed by atoms with Gasteiger partial charge in [0, 0.05) is 11.7 Å². The molecule has 2 rings (SSSR count). The molecule has 0 bridgehead atoms. The van der Waals surface area contributed by atoms with Gasteiger partial charge in [-0.3, -0.25) is 0 Å². The maximum absolute atomic E-state index is 12.9. The van der Waals surface area contributed by atoms with Crippen LogP contribution in [-0.2, 0) is 6.18 Å². The average Bonchev–Trinajstić information content (AvgIpc) is 2.33. The van der Waals surface area contributed by atoms with Gasteiger partial charge in [-0.15, -0.1) is 0 Å². The van der Waals surface area contributed by atoms with Crippen LogP contribution in [0.5, 0.6) is 0 Å². The zero-order valence-corrected chi connectivity index (χ0v) is 12.2. The molecule has 0 radical (unpaired) electrons. The lowest BCUT2D eigenvalue weighted by molar-refractivity contribution is -0.138. The Kier molecular flexibility index (Phi) is 4.31. The van der Waals surface area contributed by atoms with Gasteiger partial charge >= 0.3 is 6.18 Å². The molecule has 1 aliphatic rings. The zero-order valence-electron chi connectivity index (χ0n) is 12.2. The van der Waals surface area contributed by atoms with Crippen LogP contribution in [0.25, 0.3) is 0 Å². The first-order valence-electron chi connectivity index (χ1n) is 7.21. The van der Waals surface area contributed by atoms with E-state index in [9.17, 15) is 13.2 Å². The number of hydrogen-bond donors (Lipinski definition) is 1. The standard InChI is InChI=1S/C16H22F3N/c1-10-4-7-15(12(3)8-10)20-13-6-5-11(2)14(9-13)16(17,18)19/h5-6,9-10,12,15,20H,4,7-8H2,1-3H3. The summed E-state index contributed by atoms with van der Waals surface area (Å²) in [6, 6.07) is 4.80. The first-order chi connectivity index (χ1) is 9.27. The summed E-state index contributed by atoms with van der Waals surface area (Å²) >= 11 is 0. The molecule has 0 saturated heterocycles. The molecule has 4 heteroatoms.